The Bertz CT molecular complexity index is 669. The van der Waals surface area contributed by atoms with E-state index in [1.165, 1.54) is 24.5 Å². The van der Waals surface area contributed by atoms with Crippen molar-refractivity contribution in [1.29, 1.82) is 0 Å². The number of hydrazine groups is 1. The van der Waals surface area contributed by atoms with Crippen molar-refractivity contribution >= 4 is 15.8 Å². The van der Waals surface area contributed by atoms with Crippen molar-refractivity contribution in [2.75, 3.05) is 5.43 Å². The van der Waals surface area contributed by atoms with E-state index in [0.29, 0.717) is 11.5 Å². The van der Waals surface area contributed by atoms with Crippen LogP contribution in [0, 0.1) is 6.92 Å². The first-order valence-corrected chi connectivity index (χ1v) is 7.19. The number of aromatic nitrogens is 3. The summed E-state index contributed by atoms with van der Waals surface area (Å²) in [7, 11) is -3.64. The van der Waals surface area contributed by atoms with Crippen molar-refractivity contribution in [3.63, 3.8) is 0 Å². The minimum Gasteiger partial charge on any atom is -0.308 e. The van der Waals surface area contributed by atoms with E-state index in [0.717, 1.165) is 5.69 Å². The van der Waals surface area contributed by atoms with Gasteiger partial charge in [-0.15, -0.1) is 0 Å². The monoisotopic (exact) mass is 294 g/mol. The van der Waals surface area contributed by atoms with Crippen molar-refractivity contribution in [1.82, 2.24) is 19.7 Å². The van der Waals surface area contributed by atoms with E-state index < -0.39 is 10.0 Å². The van der Waals surface area contributed by atoms with Gasteiger partial charge in [-0.3, -0.25) is 9.97 Å². The average molecular weight is 294 g/mol. The molecule has 2 aromatic heterocycles. The molecule has 106 valence electrons. The quantitative estimate of drug-likeness (QED) is 0.521. The van der Waals surface area contributed by atoms with Crippen LogP contribution in [0.25, 0.3) is 0 Å². The lowest BCUT2D eigenvalue weighted by Gasteiger charge is -2.06. The normalized spacial score (nSPS) is 11.3. The maximum Gasteiger partial charge on any atom is 0.242 e. The van der Waals surface area contributed by atoms with Gasteiger partial charge >= 0.3 is 0 Å². The van der Waals surface area contributed by atoms with Gasteiger partial charge in [0, 0.05) is 12.4 Å². The molecular weight excluding hydrogens is 280 g/mol. The van der Waals surface area contributed by atoms with Crippen LogP contribution in [-0.2, 0) is 16.6 Å². The first kappa shape index (κ1) is 14.3. The Morgan fingerprint density at radius 1 is 1.15 bits per heavy atom. The highest BCUT2D eigenvalue weighted by Crippen LogP contribution is 2.10. The second kappa shape index (κ2) is 5.90. The first-order valence-electron chi connectivity index (χ1n) is 5.71. The highest BCUT2D eigenvalue weighted by Gasteiger charge is 2.14. The van der Waals surface area contributed by atoms with E-state index in [1.54, 1.807) is 13.1 Å². The lowest BCUT2D eigenvalue weighted by molar-refractivity contribution is 0.580. The Morgan fingerprint density at radius 3 is 2.50 bits per heavy atom. The van der Waals surface area contributed by atoms with Gasteiger partial charge in [0.1, 0.15) is 10.7 Å². The van der Waals surface area contributed by atoms with Gasteiger partial charge in [0.15, 0.2) is 0 Å². The summed E-state index contributed by atoms with van der Waals surface area (Å²) >= 11 is 0. The molecule has 2 aromatic rings. The molecule has 0 radical (unpaired) electrons. The molecule has 0 bridgehead atoms. The Kier molecular flexibility index (Phi) is 4.23. The number of nitrogen functional groups attached to an aromatic ring is 1. The van der Waals surface area contributed by atoms with Crippen LogP contribution in [0.15, 0.2) is 35.6 Å². The number of nitrogens with one attached hydrogen (secondary N) is 2. The van der Waals surface area contributed by atoms with Gasteiger partial charge < -0.3 is 5.43 Å². The molecule has 2 rings (SSSR count). The van der Waals surface area contributed by atoms with Crippen LogP contribution in [0.1, 0.15) is 11.4 Å². The summed E-state index contributed by atoms with van der Waals surface area (Å²) in [5, 5.41) is 0. The number of rotatable bonds is 5. The number of hydrogen-bond donors (Lipinski definition) is 3. The molecule has 0 aliphatic heterocycles. The summed E-state index contributed by atoms with van der Waals surface area (Å²) in [6.07, 6.45) is 4.32. The van der Waals surface area contributed by atoms with E-state index in [4.69, 9.17) is 5.84 Å². The molecule has 0 unspecified atom stereocenters. The fourth-order valence-electron chi connectivity index (χ4n) is 1.39. The van der Waals surface area contributed by atoms with Crippen molar-refractivity contribution in [2.45, 2.75) is 18.4 Å². The minimum atomic E-state index is -3.64. The summed E-state index contributed by atoms with van der Waals surface area (Å²) in [5.41, 5.74) is 3.63. The zero-order chi connectivity index (χ0) is 14.6. The van der Waals surface area contributed by atoms with Gasteiger partial charge in [-0.05, 0) is 19.1 Å². The molecular formula is C11H14N6O2S. The molecule has 0 fully saturated rings. The molecule has 2 heterocycles. The molecule has 0 aromatic carbocycles. The number of nitrogens with zero attached hydrogens (tertiary/aromatic N) is 3. The van der Waals surface area contributed by atoms with Gasteiger partial charge in [-0.25, -0.2) is 24.0 Å². The van der Waals surface area contributed by atoms with Crippen molar-refractivity contribution in [2.24, 2.45) is 5.84 Å². The smallest absolute Gasteiger partial charge is 0.242 e. The van der Waals surface area contributed by atoms with E-state index in [1.807, 2.05) is 0 Å². The largest absolute Gasteiger partial charge is 0.308 e. The van der Waals surface area contributed by atoms with Crippen LogP contribution in [0.3, 0.4) is 0 Å². The van der Waals surface area contributed by atoms with Crippen LogP contribution in [0.4, 0.5) is 5.82 Å². The van der Waals surface area contributed by atoms with Gasteiger partial charge in [-0.1, -0.05) is 0 Å². The van der Waals surface area contributed by atoms with Crippen LogP contribution < -0.4 is 16.0 Å². The molecule has 0 amide bonds. The Morgan fingerprint density at radius 2 is 1.95 bits per heavy atom. The zero-order valence-corrected chi connectivity index (χ0v) is 11.6. The van der Waals surface area contributed by atoms with Crippen LogP contribution in [-0.4, -0.2) is 23.4 Å². The van der Waals surface area contributed by atoms with Gasteiger partial charge in [-0.2, -0.15) is 0 Å². The molecule has 0 saturated carbocycles. The number of sulfonamides is 1. The summed E-state index contributed by atoms with van der Waals surface area (Å²) in [6.45, 7) is 1.87. The predicted octanol–water partition coefficient (Wildman–Crippen LogP) is -0.0559. The van der Waals surface area contributed by atoms with Crippen molar-refractivity contribution in [3.8, 4) is 0 Å². The Balaban J connectivity index is 2.08. The van der Waals surface area contributed by atoms with Gasteiger partial charge in [0.25, 0.3) is 0 Å². The standard InChI is InChI=1S/C11H14N6O2S/c1-8-4-14-9(5-13-8)6-16-20(18,19)10-2-3-11(17-12)15-7-10/h2-5,7,16H,6,12H2,1H3,(H,15,17). The number of hydrogen-bond acceptors (Lipinski definition) is 7. The van der Waals surface area contributed by atoms with E-state index >= 15 is 0 Å². The third kappa shape index (κ3) is 3.47. The third-order valence-electron chi connectivity index (χ3n) is 2.47. The first-order chi connectivity index (χ1) is 9.51. The fraction of sp³-hybridized carbons (Fsp3) is 0.182. The molecule has 4 N–H and O–H groups in total. The molecule has 0 aliphatic carbocycles. The average Bonchev–Trinajstić information content (AvgIpc) is 2.47. The Labute approximate surface area is 116 Å². The summed E-state index contributed by atoms with van der Waals surface area (Å²) in [4.78, 5) is 12.0. The summed E-state index contributed by atoms with van der Waals surface area (Å²) < 4.78 is 26.5. The Hall–Kier alpha value is -2.10. The highest BCUT2D eigenvalue weighted by atomic mass is 32.2. The molecule has 0 spiro atoms. The van der Waals surface area contributed by atoms with Gasteiger partial charge in [0.2, 0.25) is 10.0 Å². The summed E-state index contributed by atoms with van der Waals surface area (Å²) in [6, 6.07) is 2.88. The maximum absolute atomic E-state index is 12.0. The fourth-order valence-corrected chi connectivity index (χ4v) is 2.33. The van der Waals surface area contributed by atoms with Crippen molar-refractivity contribution in [3.05, 3.63) is 42.1 Å². The molecule has 9 heteroatoms. The van der Waals surface area contributed by atoms with E-state index in [-0.39, 0.29) is 11.4 Å². The molecule has 0 saturated heterocycles. The molecule has 20 heavy (non-hydrogen) atoms. The van der Waals surface area contributed by atoms with Crippen molar-refractivity contribution < 1.29 is 8.42 Å². The number of aryl methyl sites for hydroxylation is 1. The molecule has 0 aliphatic rings. The van der Waals surface area contributed by atoms with Gasteiger partial charge in [0.05, 0.1) is 24.1 Å². The SMILES string of the molecule is Cc1cnc(CNS(=O)(=O)c2ccc(NN)nc2)cn1. The zero-order valence-electron chi connectivity index (χ0n) is 10.7. The lowest BCUT2D eigenvalue weighted by Crippen LogP contribution is -2.24. The predicted molar refractivity (Wildman–Crippen MR) is 72.8 cm³/mol. The second-order valence-corrected chi connectivity index (χ2v) is 5.76. The number of nitrogens with two attached hydrogens (primary N) is 1. The third-order valence-corrected chi connectivity index (χ3v) is 3.86. The summed E-state index contributed by atoms with van der Waals surface area (Å²) in [5.74, 6) is 5.55. The topological polar surface area (TPSA) is 123 Å². The van der Waals surface area contributed by atoms with Crippen LogP contribution in [0.2, 0.25) is 0 Å². The maximum atomic E-state index is 12.0. The highest BCUT2D eigenvalue weighted by molar-refractivity contribution is 7.89. The van der Waals surface area contributed by atoms with Crippen LogP contribution >= 0.6 is 0 Å². The van der Waals surface area contributed by atoms with E-state index in [2.05, 4.69) is 25.1 Å². The van der Waals surface area contributed by atoms with Crippen LogP contribution in [0.5, 0.6) is 0 Å². The van der Waals surface area contributed by atoms with E-state index in [9.17, 15) is 8.42 Å². The number of pyridine rings is 1. The molecule has 0 atom stereocenters. The molecule has 8 nitrogen and oxygen atoms in total. The lowest BCUT2D eigenvalue weighted by atomic mass is 10.4. The number of anilines is 1. The second-order valence-electron chi connectivity index (χ2n) is 4.00. The minimum absolute atomic E-state index is 0.0524.